The predicted molar refractivity (Wildman–Crippen MR) is 125 cm³/mol. The standard InChI is InChI=1S/C23H19F6N3S2/c1-3-33-21-13(2)10-14(12-31-21)18-8-9-19(34-18)17(11-20(30)23(27,28)29)32-16-7-5-4-6-15(16)22(24,25)26/h4-10,12,30H,3,11H2,1-2H3. The molecule has 1 N–H and O–H groups in total. The van der Waals surface area contributed by atoms with Crippen molar-refractivity contribution < 1.29 is 26.3 Å². The molecule has 0 fully saturated rings. The number of pyridine rings is 1. The summed E-state index contributed by atoms with van der Waals surface area (Å²) < 4.78 is 79.5. The maximum Gasteiger partial charge on any atom is 0.429 e. The molecule has 2 aromatic heterocycles. The molecule has 0 spiro atoms. The molecule has 3 aromatic rings. The van der Waals surface area contributed by atoms with E-state index < -0.39 is 35.7 Å². The molecule has 0 amide bonds. The highest BCUT2D eigenvalue weighted by Crippen LogP contribution is 2.38. The van der Waals surface area contributed by atoms with E-state index in [1.165, 1.54) is 18.2 Å². The second-order valence-electron chi connectivity index (χ2n) is 7.17. The van der Waals surface area contributed by atoms with Gasteiger partial charge in [-0.25, -0.2) is 4.98 Å². The molecule has 0 saturated heterocycles. The topological polar surface area (TPSA) is 49.1 Å². The second-order valence-corrected chi connectivity index (χ2v) is 9.51. The monoisotopic (exact) mass is 515 g/mol. The number of rotatable bonds is 7. The molecule has 0 radical (unpaired) electrons. The first-order chi connectivity index (χ1) is 15.9. The van der Waals surface area contributed by atoms with Gasteiger partial charge in [-0.2, -0.15) is 26.3 Å². The van der Waals surface area contributed by atoms with Crippen molar-refractivity contribution in [3.63, 3.8) is 0 Å². The molecule has 2 heterocycles. The SMILES string of the molecule is CCSc1ncc(-c2ccc(C(CC(=N)C(F)(F)F)=Nc3ccccc3C(F)(F)F)s2)cc1C. The van der Waals surface area contributed by atoms with E-state index in [1.54, 1.807) is 24.0 Å². The highest BCUT2D eigenvalue weighted by molar-refractivity contribution is 7.99. The number of benzene rings is 1. The Morgan fingerprint density at radius 2 is 1.79 bits per heavy atom. The number of hydrogen-bond acceptors (Lipinski definition) is 5. The molecule has 0 atom stereocenters. The number of nitrogens with zero attached hydrogens (tertiary/aromatic N) is 2. The Hall–Kier alpha value is -2.66. The van der Waals surface area contributed by atoms with Gasteiger partial charge in [0.1, 0.15) is 5.71 Å². The maximum absolute atomic E-state index is 13.4. The number of halogens is 6. The Morgan fingerprint density at radius 1 is 1.09 bits per heavy atom. The van der Waals surface area contributed by atoms with Crippen molar-refractivity contribution >= 4 is 40.2 Å². The van der Waals surface area contributed by atoms with Gasteiger partial charge >= 0.3 is 12.4 Å². The maximum atomic E-state index is 13.4. The number of thiophene rings is 1. The minimum Gasteiger partial charge on any atom is -0.300 e. The van der Waals surface area contributed by atoms with Gasteiger partial charge in [0.2, 0.25) is 0 Å². The van der Waals surface area contributed by atoms with E-state index in [0.717, 1.165) is 45.4 Å². The molecule has 0 saturated carbocycles. The van der Waals surface area contributed by atoms with Crippen LogP contribution >= 0.6 is 23.1 Å². The third-order valence-corrected chi connectivity index (χ3v) is 6.81. The van der Waals surface area contributed by atoms with Crippen LogP contribution < -0.4 is 0 Å². The van der Waals surface area contributed by atoms with Crippen molar-refractivity contribution in [1.82, 2.24) is 4.98 Å². The summed E-state index contributed by atoms with van der Waals surface area (Å²) >= 11 is 2.67. The highest BCUT2D eigenvalue weighted by atomic mass is 32.2. The van der Waals surface area contributed by atoms with Crippen LogP contribution in [0.5, 0.6) is 0 Å². The van der Waals surface area contributed by atoms with Gasteiger partial charge in [-0.05, 0) is 48.6 Å². The zero-order chi connectivity index (χ0) is 25.1. The lowest BCUT2D eigenvalue weighted by atomic mass is 10.1. The largest absolute Gasteiger partial charge is 0.429 e. The molecule has 0 aliphatic carbocycles. The number of alkyl halides is 6. The minimum absolute atomic E-state index is 0.241. The summed E-state index contributed by atoms with van der Waals surface area (Å²) in [6, 6.07) is 9.47. The van der Waals surface area contributed by atoms with Gasteiger partial charge in [0.25, 0.3) is 0 Å². The zero-order valence-corrected chi connectivity index (χ0v) is 19.6. The van der Waals surface area contributed by atoms with Crippen LogP contribution in [0.2, 0.25) is 0 Å². The summed E-state index contributed by atoms with van der Waals surface area (Å²) in [7, 11) is 0. The molecule has 11 heteroatoms. The normalized spacial score (nSPS) is 12.8. The molecule has 34 heavy (non-hydrogen) atoms. The first-order valence-electron chi connectivity index (χ1n) is 9.98. The average molecular weight is 516 g/mol. The smallest absolute Gasteiger partial charge is 0.300 e. The van der Waals surface area contributed by atoms with Gasteiger partial charge in [0.05, 0.1) is 22.0 Å². The van der Waals surface area contributed by atoms with Crippen LogP contribution in [0.25, 0.3) is 10.4 Å². The Balaban J connectivity index is 2.06. The summed E-state index contributed by atoms with van der Waals surface area (Å²) in [6.07, 6.45) is -8.96. The van der Waals surface area contributed by atoms with Crippen molar-refractivity contribution in [1.29, 1.82) is 5.41 Å². The number of para-hydroxylation sites is 1. The van der Waals surface area contributed by atoms with E-state index in [-0.39, 0.29) is 10.6 Å². The lowest BCUT2D eigenvalue weighted by Crippen LogP contribution is -2.24. The zero-order valence-electron chi connectivity index (χ0n) is 18.0. The van der Waals surface area contributed by atoms with Crippen LogP contribution in [-0.4, -0.2) is 28.3 Å². The van der Waals surface area contributed by atoms with Gasteiger partial charge < -0.3 is 5.41 Å². The van der Waals surface area contributed by atoms with Crippen molar-refractivity contribution in [2.75, 3.05) is 5.75 Å². The lowest BCUT2D eigenvalue weighted by molar-refractivity contribution is -0.137. The third-order valence-electron chi connectivity index (χ3n) is 4.64. The molecule has 3 rings (SSSR count). The van der Waals surface area contributed by atoms with E-state index >= 15 is 0 Å². The van der Waals surface area contributed by atoms with E-state index in [0.29, 0.717) is 4.88 Å². The predicted octanol–water partition coefficient (Wildman–Crippen LogP) is 8.34. The van der Waals surface area contributed by atoms with Gasteiger partial charge in [-0.15, -0.1) is 23.1 Å². The molecule has 180 valence electrons. The summed E-state index contributed by atoms with van der Waals surface area (Å²) in [6.45, 7) is 3.90. The van der Waals surface area contributed by atoms with Crippen molar-refractivity contribution in [3.8, 4) is 10.4 Å². The van der Waals surface area contributed by atoms with Crippen LogP contribution in [0.1, 0.15) is 29.3 Å². The Kier molecular flexibility index (Phi) is 7.87. The fourth-order valence-corrected chi connectivity index (χ4v) is 4.70. The van der Waals surface area contributed by atoms with Crippen LogP contribution in [-0.2, 0) is 6.18 Å². The molecule has 1 aromatic carbocycles. The van der Waals surface area contributed by atoms with Crippen LogP contribution in [0.15, 0.2) is 58.7 Å². The number of hydrogen-bond donors (Lipinski definition) is 1. The van der Waals surface area contributed by atoms with Crippen molar-refractivity contribution in [2.24, 2.45) is 4.99 Å². The lowest BCUT2D eigenvalue weighted by Gasteiger charge is -2.13. The molecule has 0 bridgehead atoms. The summed E-state index contributed by atoms with van der Waals surface area (Å²) in [5.41, 5.74) is -1.76. The second kappa shape index (κ2) is 10.3. The van der Waals surface area contributed by atoms with Gasteiger partial charge in [-0.1, -0.05) is 19.1 Å². The Labute approximate surface area is 200 Å². The minimum atomic E-state index is -4.92. The van der Waals surface area contributed by atoms with E-state index in [2.05, 4.69) is 9.98 Å². The van der Waals surface area contributed by atoms with Gasteiger partial charge in [-0.3, -0.25) is 4.99 Å². The summed E-state index contributed by atoms with van der Waals surface area (Å²) in [5.74, 6) is 0.848. The number of nitrogens with one attached hydrogen (secondary N) is 1. The number of aliphatic imine (C=N–C) groups is 1. The fraction of sp³-hybridized carbons (Fsp3) is 0.261. The number of thioether (sulfide) groups is 1. The third kappa shape index (κ3) is 6.26. The quantitative estimate of drug-likeness (QED) is 0.195. The summed E-state index contributed by atoms with van der Waals surface area (Å²) in [5, 5.41) is 8.26. The molecule has 3 nitrogen and oxygen atoms in total. The summed E-state index contributed by atoms with van der Waals surface area (Å²) in [4.78, 5) is 9.29. The molecule has 0 unspecified atom stereocenters. The average Bonchev–Trinajstić information content (AvgIpc) is 3.24. The van der Waals surface area contributed by atoms with Crippen LogP contribution in [0, 0.1) is 12.3 Å². The van der Waals surface area contributed by atoms with E-state index in [4.69, 9.17) is 5.41 Å². The highest BCUT2D eigenvalue weighted by Gasteiger charge is 2.36. The van der Waals surface area contributed by atoms with Gasteiger partial charge in [0.15, 0.2) is 0 Å². The first kappa shape index (κ1) is 26.0. The van der Waals surface area contributed by atoms with Crippen LogP contribution in [0.3, 0.4) is 0 Å². The molecule has 0 aliphatic rings. The van der Waals surface area contributed by atoms with E-state index in [9.17, 15) is 26.3 Å². The Bertz CT molecular complexity index is 1210. The van der Waals surface area contributed by atoms with Crippen LogP contribution in [0.4, 0.5) is 32.0 Å². The molecular formula is C23H19F6N3S2. The number of aromatic nitrogens is 1. The first-order valence-corrected chi connectivity index (χ1v) is 11.8. The van der Waals surface area contributed by atoms with Crippen molar-refractivity contribution in [3.05, 3.63) is 64.7 Å². The van der Waals surface area contributed by atoms with Crippen molar-refractivity contribution in [2.45, 2.75) is 37.6 Å². The fourth-order valence-electron chi connectivity index (χ4n) is 3.04. The molecular weight excluding hydrogens is 496 g/mol. The Morgan fingerprint density at radius 3 is 2.41 bits per heavy atom. The molecule has 0 aliphatic heterocycles. The van der Waals surface area contributed by atoms with Gasteiger partial charge in [0, 0.05) is 27.9 Å². The number of aryl methyl sites for hydroxylation is 1. The van der Waals surface area contributed by atoms with E-state index in [1.807, 2.05) is 19.9 Å².